The molecule has 52 heavy (non-hydrogen) atoms. The second-order valence-corrected chi connectivity index (χ2v) is 15.4. The summed E-state index contributed by atoms with van der Waals surface area (Å²) in [5.74, 6) is -0.484. The van der Waals surface area contributed by atoms with Gasteiger partial charge in [-0.2, -0.15) is 0 Å². The van der Waals surface area contributed by atoms with Gasteiger partial charge in [0, 0.05) is 6.42 Å². The van der Waals surface area contributed by atoms with E-state index >= 15 is 0 Å². The molecule has 3 unspecified atom stereocenters. The molecule has 1 amide bonds. The molecule has 0 aliphatic heterocycles. The average molecular weight is 734 g/mol. The van der Waals surface area contributed by atoms with Gasteiger partial charge in [0.1, 0.15) is 6.10 Å². The van der Waals surface area contributed by atoms with E-state index in [-0.39, 0.29) is 24.9 Å². The third kappa shape index (κ3) is 35.4. The summed E-state index contributed by atoms with van der Waals surface area (Å²) in [4.78, 5) is 25.9. The summed E-state index contributed by atoms with van der Waals surface area (Å²) in [5, 5.41) is 23.6. The predicted octanol–water partition coefficient (Wildman–Crippen LogP) is 12.8. The number of aliphatic hydroxyl groups excluding tert-OH is 2. The van der Waals surface area contributed by atoms with Crippen LogP contribution in [-0.2, 0) is 14.3 Å². The van der Waals surface area contributed by atoms with Gasteiger partial charge in [0.15, 0.2) is 0 Å². The third-order valence-electron chi connectivity index (χ3n) is 10.3. The summed E-state index contributed by atoms with van der Waals surface area (Å²) in [6.07, 6.45) is 43.8. The minimum atomic E-state index is -0.785. The van der Waals surface area contributed by atoms with Gasteiger partial charge in [-0.15, -0.1) is 0 Å². The van der Waals surface area contributed by atoms with Gasteiger partial charge in [-0.25, -0.2) is 0 Å². The van der Waals surface area contributed by atoms with E-state index in [2.05, 4.69) is 50.4 Å². The smallest absolute Gasteiger partial charge is 0.306 e. The number of unbranched alkanes of at least 4 members (excludes halogenated alkanes) is 24. The standard InChI is InChI=1S/C46H87NO5/c1-4-7-10-13-16-19-22-24-25-28-31-34-37-42(52-46(51)39-36-33-30-27-21-18-15-12-9-6-3)40-45(50)47-43(41-48)44(49)38-35-32-29-26-23-20-17-14-11-8-5-2/h7,10,16,19,42-44,48-49H,4-6,8-9,11-15,17-18,20-41H2,1-3H3,(H,47,50)/b10-7+,19-16+. The van der Waals surface area contributed by atoms with Crippen molar-refractivity contribution in [3.63, 3.8) is 0 Å². The lowest BCUT2D eigenvalue weighted by Crippen LogP contribution is -2.46. The van der Waals surface area contributed by atoms with Crippen LogP contribution < -0.4 is 5.32 Å². The van der Waals surface area contributed by atoms with Gasteiger partial charge >= 0.3 is 5.97 Å². The van der Waals surface area contributed by atoms with Crippen molar-refractivity contribution >= 4 is 11.9 Å². The van der Waals surface area contributed by atoms with E-state index in [9.17, 15) is 19.8 Å². The maximum Gasteiger partial charge on any atom is 0.306 e. The second kappa shape index (κ2) is 40.5. The van der Waals surface area contributed by atoms with Crippen LogP contribution in [0.5, 0.6) is 0 Å². The van der Waals surface area contributed by atoms with Gasteiger partial charge in [-0.1, -0.05) is 193 Å². The lowest BCUT2D eigenvalue weighted by molar-refractivity contribution is -0.151. The molecule has 0 aromatic rings. The van der Waals surface area contributed by atoms with Crippen molar-refractivity contribution in [3.05, 3.63) is 24.3 Å². The van der Waals surface area contributed by atoms with Crippen molar-refractivity contribution in [2.45, 2.75) is 251 Å². The Hall–Kier alpha value is -1.66. The van der Waals surface area contributed by atoms with Crippen LogP contribution in [-0.4, -0.2) is 46.9 Å². The molecule has 0 saturated heterocycles. The fourth-order valence-electron chi connectivity index (χ4n) is 6.88. The van der Waals surface area contributed by atoms with Gasteiger partial charge in [-0.3, -0.25) is 9.59 Å². The molecule has 3 N–H and O–H groups in total. The predicted molar refractivity (Wildman–Crippen MR) is 223 cm³/mol. The first-order valence-corrected chi connectivity index (χ1v) is 22.6. The molecule has 6 nitrogen and oxygen atoms in total. The number of nitrogens with one attached hydrogen (secondary N) is 1. The first kappa shape index (κ1) is 50.3. The molecule has 0 aromatic heterocycles. The molecule has 0 bridgehead atoms. The van der Waals surface area contributed by atoms with Crippen molar-refractivity contribution in [2.24, 2.45) is 0 Å². The number of hydrogen-bond donors (Lipinski definition) is 3. The molecule has 0 fully saturated rings. The lowest BCUT2D eigenvalue weighted by atomic mass is 10.0. The van der Waals surface area contributed by atoms with E-state index in [1.807, 2.05) is 0 Å². The zero-order valence-corrected chi connectivity index (χ0v) is 34.7. The van der Waals surface area contributed by atoms with Gasteiger partial charge < -0.3 is 20.3 Å². The molecule has 0 aromatic carbocycles. The fraction of sp³-hybridized carbons (Fsp3) is 0.870. The highest BCUT2D eigenvalue weighted by atomic mass is 16.5. The molecule has 306 valence electrons. The fourth-order valence-corrected chi connectivity index (χ4v) is 6.88. The van der Waals surface area contributed by atoms with Crippen LogP contribution in [0.25, 0.3) is 0 Å². The number of hydrogen-bond acceptors (Lipinski definition) is 5. The number of carbonyl (C=O) groups is 2. The number of carbonyl (C=O) groups excluding carboxylic acids is 2. The highest BCUT2D eigenvalue weighted by molar-refractivity contribution is 5.77. The van der Waals surface area contributed by atoms with E-state index < -0.39 is 18.2 Å². The minimum absolute atomic E-state index is 0.0721. The van der Waals surface area contributed by atoms with Crippen LogP contribution in [0, 0.1) is 0 Å². The van der Waals surface area contributed by atoms with Crippen molar-refractivity contribution in [1.29, 1.82) is 0 Å². The van der Waals surface area contributed by atoms with Crippen molar-refractivity contribution < 1.29 is 24.5 Å². The number of ether oxygens (including phenoxy) is 1. The van der Waals surface area contributed by atoms with Crippen LogP contribution in [0.1, 0.15) is 233 Å². The van der Waals surface area contributed by atoms with Crippen LogP contribution in [0.4, 0.5) is 0 Å². The Morgan fingerprint density at radius 3 is 1.56 bits per heavy atom. The minimum Gasteiger partial charge on any atom is -0.462 e. The molecule has 0 aliphatic rings. The van der Waals surface area contributed by atoms with E-state index in [4.69, 9.17) is 4.74 Å². The Balaban J connectivity index is 4.59. The molecule has 3 atom stereocenters. The van der Waals surface area contributed by atoms with Crippen LogP contribution >= 0.6 is 0 Å². The van der Waals surface area contributed by atoms with Crippen LogP contribution in [0.3, 0.4) is 0 Å². The topological polar surface area (TPSA) is 95.9 Å². The van der Waals surface area contributed by atoms with Crippen molar-refractivity contribution in [1.82, 2.24) is 5.32 Å². The molecule has 0 saturated carbocycles. The highest BCUT2D eigenvalue weighted by Gasteiger charge is 2.24. The summed E-state index contributed by atoms with van der Waals surface area (Å²) < 4.78 is 5.88. The van der Waals surface area contributed by atoms with E-state index in [1.165, 1.54) is 109 Å². The number of amides is 1. The largest absolute Gasteiger partial charge is 0.462 e. The molecular weight excluding hydrogens is 647 g/mol. The summed E-state index contributed by atoms with van der Waals surface area (Å²) >= 11 is 0. The van der Waals surface area contributed by atoms with E-state index in [0.717, 1.165) is 77.0 Å². The average Bonchev–Trinajstić information content (AvgIpc) is 3.13. The maximum atomic E-state index is 13.1. The first-order chi connectivity index (χ1) is 25.5. The van der Waals surface area contributed by atoms with Crippen molar-refractivity contribution in [3.8, 4) is 0 Å². The van der Waals surface area contributed by atoms with E-state index in [0.29, 0.717) is 19.3 Å². The molecule has 0 aliphatic carbocycles. The summed E-state index contributed by atoms with van der Waals surface area (Å²) in [6, 6.07) is -0.699. The molecule has 0 rings (SSSR count). The molecule has 0 spiro atoms. The van der Waals surface area contributed by atoms with Gasteiger partial charge in [0.05, 0.1) is 25.2 Å². The number of rotatable bonds is 40. The zero-order valence-electron chi connectivity index (χ0n) is 34.7. The monoisotopic (exact) mass is 734 g/mol. The van der Waals surface area contributed by atoms with E-state index in [1.54, 1.807) is 0 Å². The lowest BCUT2D eigenvalue weighted by Gasteiger charge is -2.24. The van der Waals surface area contributed by atoms with Gasteiger partial charge in [0.2, 0.25) is 5.91 Å². The Kier molecular flexibility index (Phi) is 39.2. The number of allylic oxidation sites excluding steroid dienone is 4. The molecule has 0 heterocycles. The SMILES string of the molecule is CC/C=C/C/C=C/CCCCCCCC(CC(=O)NC(CO)C(O)CCCCCCCCCCCCC)OC(=O)CCCCCCCCCCCC. The summed E-state index contributed by atoms with van der Waals surface area (Å²) in [6.45, 7) is 6.35. The van der Waals surface area contributed by atoms with Crippen LogP contribution in [0.2, 0.25) is 0 Å². The molecular formula is C46H87NO5. The zero-order chi connectivity index (χ0) is 38.2. The Bertz CT molecular complexity index is 828. The van der Waals surface area contributed by atoms with Crippen LogP contribution in [0.15, 0.2) is 24.3 Å². The van der Waals surface area contributed by atoms with Gasteiger partial charge in [0.25, 0.3) is 0 Å². The summed E-state index contributed by atoms with van der Waals surface area (Å²) in [5.41, 5.74) is 0. The molecule has 6 heteroatoms. The maximum absolute atomic E-state index is 13.1. The second-order valence-electron chi connectivity index (χ2n) is 15.4. The highest BCUT2D eigenvalue weighted by Crippen LogP contribution is 2.17. The molecule has 0 radical (unpaired) electrons. The normalized spacial score (nSPS) is 13.6. The number of esters is 1. The van der Waals surface area contributed by atoms with Crippen molar-refractivity contribution in [2.75, 3.05) is 6.61 Å². The Morgan fingerprint density at radius 2 is 1.04 bits per heavy atom. The first-order valence-electron chi connectivity index (χ1n) is 22.6. The third-order valence-corrected chi connectivity index (χ3v) is 10.3. The van der Waals surface area contributed by atoms with Gasteiger partial charge in [-0.05, 0) is 51.4 Å². The Morgan fingerprint density at radius 1 is 0.577 bits per heavy atom. The Labute approximate surface area is 322 Å². The number of aliphatic hydroxyl groups is 2. The summed E-state index contributed by atoms with van der Waals surface area (Å²) in [7, 11) is 0. The quantitative estimate of drug-likeness (QED) is 0.0331.